The average Bonchev–Trinajstić information content (AvgIpc) is 3.04. The van der Waals surface area contributed by atoms with Gasteiger partial charge in [-0.15, -0.1) is 0 Å². The molecule has 146 valence electrons. The lowest BCUT2D eigenvalue weighted by molar-refractivity contribution is -0.0188. The summed E-state index contributed by atoms with van der Waals surface area (Å²) >= 11 is 1.42. The molecule has 1 saturated heterocycles. The molecule has 2 aromatic heterocycles. The van der Waals surface area contributed by atoms with E-state index in [4.69, 9.17) is 4.98 Å². The molecule has 0 radical (unpaired) electrons. The molecule has 4 aliphatic rings. The summed E-state index contributed by atoms with van der Waals surface area (Å²) in [6.45, 7) is 5.94. The molecule has 3 aliphatic carbocycles. The highest BCUT2D eigenvalue weighted by atomic mass is 32.1. The molecule has 2 bridgehead atoms. The maximum absolute atomic E-state index is 9.49. The van der Waals surface area contributed by atoms with Crippen LogP contribution in [-0.2, 0) is 0 Å². The molecule has 6 rings (SSSR count). The van der Waals surface area contributed by atoms with Crippen LogP contribution in [0.15, 0.2) is 12.3 Å². The topological polar surface area (TPSA) is 77.7 Å². The van der Waals surface area contributed by atoms with E-state index in [1.54, 1.807) is 0 Å². The Morgan fingerprint density at radius 2 is 2.00 bits per heavy atom. The first-order valence-electron chi connectivity index (χ1n) is 10.2. The third kappa shape index (κ3) is 3.04. The van der Waals surface area contributed by atoms with E-state index in [0.29, 0.717) is 18.3 Å². The molecule has 1 N–H and O–H groups in total. The molecule has 1 aliphatic heterocycles. The van der Waals surface area contributed by atoms with Crippen molar-refractivity contribution in [3.05, 3.63) is 23.5 Å². The predicted molar refractivity (Wildman–Crippen MR) is 111 cm³/mol. The maximum atomic E-state index is 9.49. The van der Waals surface area contributed by atoms with Crippen molar-refractivity contribution in [2.45, 2.75) is 46.0 Å². The molecule has 3 saturated carbocycles. The normalized spacial score (nSPS) is 27.5. The quantitative estimate of drug-likeness (QED) is 0.807. The van der Waals surface area contributed by atoms with E-state index in [1.807, 2.05) is 19.2 Å². The first kappa shape index (κ1) is 17.9. The summed E-state index contributed by atoms with van der Waals surface area (Å²) in [5, 5.41) is 13.7. The number of hydrogen-bond donors (Lipinski definition) is 1. The van der Waals surface area contributed by atoms with Gasteiger partial charge in [-0.3, -0.25) is 0 Å². The van der Waals surface area contributed by atoms with Crippen LogP contribution >= 0.6 is 11.5 Å². The Balaban J connectivity index is 1.32. The maximum Gasteiger partial charge on any atom is 0.229 e. The van der Waals surface area contributed by atoms with Gasteiger partial charge in [-0.2, -0.15) is 14.6 Å². The number of hydrogen-bond acceptors (Lipinski definition) is 7. The molecule has 2 aromatic rings. The number of nitrogens with one attached hydrogen (secondary N) is 1. The van der Waals surface area contributed by atoms with Crippen LogP contribution in [0.1, 0.15) is 43.4 Å². The van der Waals surface area contributed by atoms with Crippen LogP contribution in [0.4, 0.5) is 16.8 Å². The zero-order valence-electron chi connectivity index (χ0n) is 16.5. The molecule has 3 heterocycles. The summed E-state index contributed by atoms with van der Waals surface area (Å²) in [6, 6.07) is 4.50. The monoisotopic (exact) mass is 394 g/mol. The lowest BCUT2D eigenvalue weighted by Gasteiger charge is -2.59. The van der Waals surface area contributed by atoms with Crippen molar-refractivity contribution < 1.29 is 0 Å². The summed E-state index contributed by atoms with van der Waals surface area (Å²) in [4.78, 5) is 11.6. The molecule has 0 aromatic carbocycles. The van der Waals surface area contributed by atoms with Gasteiger partial charge in [0, 0.05) is 36.7 Å². The van der Waals surface area contributed by atoms with Crippen molar-refractivity contribution in [2.24, 2.45) is 23.2 Å². The minimum Gasteiger partial charge on any atom is -0.355 e. The molecule has 4 fully saturated rings. The van der Waals surface area contributed by atoms with Crippen molar-refractivity contribution in [3.8, 4) is 6.07 Å². The lowest BCUT2D eigenvalue weighted by atomic mass is 9.53. The first-order valence-corrected chi connectivity index (χ1v) is 11.0. The van der Waals surface area contributed by atoms with Gasteiger partial charge in [0.05, 0.1) is 11.8 Å². The molecule has 0 amide bonds. The van der Waals surface area contributed by atoms with Gasteiger partial charge in [0.15, 0.2) is 0 Å². The van der Waals surface area contributed by atoms with E-state index in [-0.39, 0.29) is 5.41 Å². The van der Waals surface area contributed by atoms with E-state index >= 15 is 0 Å². The van der Waals surface area contributed by atoms with E-state index < -0.39 is 0 Å². The third-order valence-electron chi connectivity index (χ3n) is 6.99. The van der Waals surface area contributed by atoms with Crippen LogP contribution < -0.4 is 10.2 Å². The van der Waals surface area contributed by atoms with Crippen LogP contribution in [0.2, 0.25) is 0 Å². The van der Waals surface area contributed by atoms with Gasteiger partial charge in [0.1, 0.15) is 10.8 Å². The second kappa shape index (κ2) is 6.70. The Labute approximate surface area is 170 Å². The Bertz CT molecular complexity index is 909. The zero-order chi connectivity index (χ0) is 19.3. The van der Waals surface area contributed by atoms with Crippen molar-refractivity contribution in [1.82, 2.24) is 14.3 Å². The number of rotatable bonds is 5. The van der Waals surface area contributed by atoms with Gasteiger partial charge in [0.25, 0.3) is 0 Å². The van der Waals surface area contributed by atoms with Gasteiger partial charge >= 0.3 is 0 Å². The van der Waals surface area contributed by atoms with Gasteiger partial charge in [-0.05, 0) is 74.9 Å². The summed E-state index contributed by atoms with van der Waals surface area (Å²) in [5.74, 6) is 4.16. The van der Waals surface area contributed by atoms with E-state index in [0.717, 1.165) is 47.0 Å². The SMILES string of the molecule is Cc1cc(Nc2ncc(C)c(N3CC(CC#N)(C4CC5CC(C5)C4)C3)n2)sn1. The molecule has 6 nitrogen and oxygen atoms in total. The molecular formula is C21H26N6S. The lowest BCUT2D eigenvalue weighted by Crippen LogP contribution is -2.62. The second-order valence-electron chi connectivity index (χ2n) is 9.08. The highest BCUT2D eigenvalue weighted by Gasteiger charge is 2.53. The van der Waals surface area contributed by atoms with Gasteiger partial charge in [-0.1, -0.05) is 0 Å². The summed E-state index contributed by atoms with van der Waals surface area (Å²) < 4.78 is 4.30. The van der Waals surface area contributed by atoms with Crippen molar-refractivity contribution in [3.63, 3.8) is 0 Å². The van der Waals surface area contributed by atoms with Crippen molar-refractivity contribution >= 4 is 28.3 Å². The highest BCUT2D eigenvalue weighted by molar-refractivity contribution is 7.10. The number of nitrogens with zero attached hydrogens (tertiary/aromatic N) is 5. The smallest absolute Gasteiger partial charge is 0.229 e. The Morgan fingerprint density at radius 3 is 2.64 bits per heavy atom. The third-order valence-corrected chi connectivity index (χ3v) is 7.78. The van der Waals surface area contributed by atoms with Crippen LogP contribution in [0.25, 0.3) is 0 Å². The van der Waals surface area contributed by atoms with Gasteiger partial charge in [-0.25, -0.2) is 4.98 Å². The summed E-state index contributed by atoms with van der Waals surface area (Å²) in [7, 11) is 0. The second-order valence-corrected chi connectivity index (χ2v) is 9.89. The first-order chi connectivity index (χ1) is 13.5. The fourth-order valence-corrected chi connectivity index (χ4v) is 6.20. The van der Waals surface area contributed by atoms with Crippen molar-refractivity contribution in [1.29, 1.82) is 5.26 Å². The highest BCUT2D eigenvalue weighted by Crippen LogP contribution is 2.57. The fraction of sp³-hybridized carbons (Fsp3) is 0.619. The fourth-order valence-electron chi connectivity index (χ4n) is 5.54. The van der Waals surface area contributed by atoms with Gasteiger partial charge in [0.2, 0.25) is 5.95 Å². The number of nitriles is 1. The van der Waals surface area contributed by atoms with E-state index in [2.05, 4.69) is 32.6 Å². The minimum absolute atomic E-state index is 0.159. The number of anilines is 3. The predicted octanol–water partition coefficient (Wildman–Crippen LogP) is 4.45. The standard InChI is InChI=1S/C21H26N6S/c1-13-10-23-20(24-18-5-14(2)26-28-18)25-19(13)27-11-21(12-27,3-4-22)17-8-15-6-16(7-15)9-17/h5,10,15-17H,3,6-9,11-12H2,1-2H3,(H,23,24,25). The number of fused-ring (bicyclic) bond motifs is 2. The molecular weight excluding hydrogens is 368 g/mol. The Hall–Kier alpha value is -2.20. The Kier molecular flexibility index (Phi) is 4.27. The van der Waals surface area contributed by atoms with E-state index in [9.17, 15) is 5.26 Å². The molecule has 0 spiro atoms. The molecule has 28 heavy (non-hydrogen) atoms. The number of aromatic nitrogens is 3. The molecule has 7 heteroatoms. The van der Waals surface area contributed by atoms with E-state index in [1.165, 1.54) is 37.2 Å². The molecule has 0 atom stereocenters. The van der Waals surface area contributed by atoms with Crippen molar-refractivity contribution in [2.75, 3.05) is 23.3 Å². The van der Waals surface area contributed by atoms with Crippen LogP contribution in [0.5, 0.6) is 0 Å². The van der Waals surface area contributed by atoms with Crippen LogP contribution in [0, 0.1) is 48.3 Å². The minimum atomic E-state index is 0.159. The van der Waals surface area contributed by atoms with Crippen LogP contribution in [0.3, 0.4) is 0 Å². The number of aryl methyl sites for hydroxylation is 2. The summed E-state index contributed by atoms with van der Waals surface area (Å²) in [6.07, 6.45) is 8.07. The van der Waals surface area contributed by atoms with Gasteiger partial charge < -0.3 is 10.2 Å². The largest absolute Gasteiger partial charge is 0.355 e. The average molecular weight is 395 g/mol. The molecule has 0 unspecified atom stereocenters. The zero-order valence-corrected chi connectivity index (χ0v) is 17.3. The van der Waals surface area contributed by atoms with Crippen LogP contribution in [-0.4, -0.2) is 27.4 Å². The summed E-state index contributed by atoms with van der Waals surface area (Å²) in [5.41, 5.74) is 2.24. The Morgan fingerprint density at radius 1 is 1.25 bits per heavy atom.